The van der Waals surface area contributed by atoms with Gasteiger partial charge in [0, 0.05) is 28.8 Å². The van der Waals surface area contributed by atoms with E-state index in [1.54, 1.807) is 23.1 Å². The van der Waals surface area contributed by atoms with Crippen LogP contribution in [-0.2, 0) is 5.60 Å². The molecule has 6 heteroatoms. The Morgan fingerprint density at radius 2 is 1.64 bits per heavy atom. The van der Waals surface area contributed by atoms with Crippen LogP contribution in [-0.4, -0.2) is 29.1 Å². The molecule has 3 rings (SSSR count). The van der Waals surface area contributed by atoms with Crippen LogP contribution in [0.15, 0.2) is 42.5 Å². The van der Waals surface area contributed by atoms with Crippen molar-refractivity contribution >= 4 is 34.9 Å². The summed E-state index contributed by atoms with van der Waals surface area (Å²) in [7, 11) is 0. The minimum absolute atomic E-state index is 0.218. The van der Waals surface area contributed by atoms with E-state index in [1.807, 2.05) is 31.2 Å². The van der Waals surface area contributed by atoms with Crippen molar-refractivity contribution in [3.8, 4) is 0 Å². The van der Waals surface area contributed by atoms with Crippen molar-refractivity contribution in [1.82, 2.24) is 4.90 Å². The lowest BCUT2D eigenvalue weighted by Crippen LogP contribution is -2.46. The Bertz CT molecular complexity index is 749. The van der Waals surface area contributed by atoms with Gasteiger partial charge in [-0.3, -0.25) is 0 Å². The van der Waals surface area contributed by atoms with Crippen LogP contribution < -0.4 is 5.32 Å². The fourth-order valence-electron chi connectivity index (χ4n) is 3.06. The number of hydrogen-bond acceptors (Lipinski definition) is 2. The topological polar surface area (TPSA) is 52.6 Å². The predicted octanol–water partition coefficient (Wildman–Crippen LogP) is 4.82. The molecule has 0 saturated carbocycles. The van der Waals surface area contributed by atoms with Crippen molar-refractivity contribution in [2.45, 2.75) is 25.4 Å². The van der Waals surface area contributed by atoms with E-state index in [-0.39, 0.29) is 6.03 Å². The van der Waals surface area contributed by atoms with Crippen LogP contribution in [0.2, 0.25) is 10.0 Å². The van der Waals surface area contributed by atoms with E-state index in [1.165, 1.54) is 0 Å². The molecule has 2 aromatic carbocycles. The molecule has 0 aromatic heterocycles. The maximum atomic E-state index is 12.4. The SMILES string of the molecule is Cc1ccc(C2(O)CCN(C(=O)Nc3cc(Cl)cc(Cl)c3)CC2)cc1. The number of likely N-dealkylation sites (tertiary alicyclic amines) is 1. The van der Waals surface area contributed by atoms with E-state index in [4.69, 9.17) is 23.2 Å². The summed E-state index contributed by atoms with van der Waals surface area (Å²) in [6, 6.07) is 12.6. The van der Waals surface area contributed by atoms with Gasteiger partial charge in [0.2, 0.25) is 0 Å². The van der Waals surface area contributed by atoms with E-state index in [0.717, 1.165) is 11.1 Å². The van der Waals surface area contributed by atoms with E-state index in [2.05, 4.69) is 5.32 Å². The van der Waals surface area contributed by atoms with E-state index >= 15 is 0 Å². The smallest absolute Gasteiger partial charge is 0.321 e. The molecule has 2 aromatic rings. The maximum absolute atomic E-state index is 12.4. The van der Waals surface area contributed by atoms with Crippen LogP contribution in [0.4, 0.5) is 10.5 Å². The monoisotopic (exact) mass is 378 g/mol. The molecule has 1 heterocycles. The van der Waals surface area contributed by atoms with Gasteiger partial charge in [-0.05, 0) is 43.5 Å². The number of nitrogens with zero attached hydrogens (tertiary/aromatic N) is 1. The maximum Gasteiger partial charge on any atom is 0.321 e. The second-order valence-corrected chi connectivity index (χ2v) is 7.35. The summed E-state index contributed by atoms with van der Waals surface area (Å²) in [5.41, 5.74) is 1.73. The number of aryl methyl sites for hydroxylation is 1. The van der Waals surface area contributed by atoms with Gasteiger partial charge in [-0.2, -0.15) is 0 Å². The number of aliphatic hydroxyl groups is 1. The average molecular weight is 379 g/mol. The van der Waals surface area contributed by atoms with Crippen molar-refractivity contribution in [2.24, 2.45) is 0 Å². The molecule has 25 heavy (non-hydrogen) atoms. The third-order valence-electron chi connectivity index (χ3n) is 4.58. The van der Waals surface area contributed by atoms with Gasteiger partial charge in [0.25, 0.3) is 0 Å². The first-order valence-electron chi connectivity index (χ1n) is 8.17. The molecule has 132 valence electrons. The molecule has 2 amide bonds. The largest absolute Gasteiger partial charge is 0.385 e. The van der Waals surface area contributed by atoms with Gasteiger partial charge in [-0.25, -0.2) is 4.79 Å². The summed E-state index contributed by atoms with van der Waals surface area (Å²) < 4.78 is 0. The van der Waals surface area contributed by atoms with Crippen LogP contribution in [0.5, 0.6) is 0 Å². The Morgan fingerprint density at radius 1 is 1.08 bits per heavy atom. The summed E-state index contributed by atoms with van der Waals surface area (Å²) in [6.45, 7) is 2.97. The first kappa shape index (κ1) is 18.1. The average Bonchev–Trinajstić information content (AvgIpc) is 2.55. The van der Waals surface area contributed by atoms with Crippen LogP contribution in [0.1, 0.15) is 24.0 Å². The fraction of sp³-hybridized carbons (Fsp3) is 0.316. The lowest BCUT2D eigenvalue weighted by molar-refractivity contribution is -0.0157. The molecule has 0 atom stereocenters. The molecule has 1 saturated heterocycles. The summed E-state index contributed by atoms with van der Waals surface area (Å²) >= 11 is 11.9. The van der Waals surface area contributed by atoms with Gasteiger partial charge in [0.05, 0.1) is 5.60 Å². The van der Waals surface area contributed by atoms with Gasteiger partial charge >= 0.3 is 6.03 Å². The second kappa shape index (κ2) is 7.24. The Kier molecular flexibility index (Phi) is 5.23. The molecule has 0 radical (unpaired) electrons. The van der Waals surface area contributed by atoms with E-state index < -0.39 is 5.60 Å². The number of benzene rings is 2. The van der Waals surface area contributed by atoms with Gasteiger partial charge in [0.1, 0.15) is 0 Å². The minimum atomic E-state index is -0.885. The molecule has 0 bridgehead atoms. The van der Waals surface area contributed by atoms with Gasteiger partial charge in [-0.1, -0.05) is 53.0 Å². The molecule has 2 N–H and O–H groups in total. The van der Waals surface area contributed by atoms with Crippen molar-refractivity contribution in [3.05, 3.63) is 63.6 Å². The number of amides is 2. The minimum Gasteiger partial charge on any atom is -0.385 e. The highest BCUT2D eigenvalue weighted by molar-refractivity contribution is 6.35. The molecular weight excluding hydrogens is 359 g/mol. The molecule has 0 aliphatic carbocycles. The third-order valence-corrected chi connectivity index (χ3v) is 5.02. The fourth-order valence-corrected chi connectivity index (χ4v) is 3.59. The van der Waals surface area contributed by atoms with Crippen LogP contribution >= 0.6 is 23.2 Å². The van der Waals surface area contributed by atoms with Gasteiger partial charge < -0.3 is 15.3 Å². The number of carbonyl (C=O) groups is 1. The standard InChI is InChI=1S/C19H20Cl2N2O2/c1-13-2-4-14(5-3-13)19(25)6-8-23(9-7-19)18(24)22-17-11-15(20)10-16(21)12-17/h2-5,10-12,25H,6-9H2,1H3,(H,22,24). The number of nitrogens with one attached hydrogen (secondary N) is 1. The third kappa shape index (κ3) is 4.27. The van der Waals surface area contributed by atoms with Gasteiger partial charge in [-0.15, -0.1) is 0 Å². The summed E-state index contributed by atoms with van der Waals surface area (Å²) in [4.78, 5) is 14.1. The number of hydrogen-bond donors (Lipinski definition) is 2. The normalized spacial score (nSPS) is 16.6. The van der Waals surface area contributed by atoms with Crippen LogP contribution in [0.3, 0.4) is 0 Å². The molecule has 0 spiro atoms. The number of carbonyl (C=O) groups excluding carboxylic acids is 1. The number of rotatable bonds is 2. The highest BCUT2D eigenvalue weighted by Gasteiger charge is 2.35. The summed E-state index contributed by atoms with van der Waals surface area (Å²) in [6.07, 6.45) is 1.000. The van der Waals surface area contributed by atoms with Crippen LogP contribution in [0, 0.1) is 6.92 Å². The number of anilines is 1. The Hall–Kier alpha value is -1.75. The second-order valence-electron chi connectivity index (χ2n) is 6.47. The Labute approximate surface area is 157 Å². The predicted molar refractivity (Wildman–Crippen MR) is 101 cm³/mol. The molecule has 0 unspecified atom stereocenters. The molecular formula is C19H20Cl2N2O2. The number of urea groups is 1. The summed E-state index contributed by atoms with van der Waals surface area (Å²) in [5.74, 6) is 0. The highest BCUT2D eigenvalue weighted by atomic mass is 35.5. The molecule has 1 fully saturated rings. The zero-order valence-corrected chi connectivity index (χ0v) is 15.4. The van der Waals surface area contributed by atoms with Crippen molar-refractivity contribution in [3.63, 3.8) is 0 Å². The van der Waals surface area contributed by atoms with Crippen LogP contribution in [0.25, 0.3) is 0 Å². The zero-order chi connectivity index (χ0) is 18.0. The number of halogens is 2. The first-order chi connectivity index (χ1) is 11.9. The molecule has 1 aliphatic rings. The van der Waals surface area contributed by atoms with Gasteiger partial charge in [0.15, 0.2) is 0 Å². The summed E-state index contributed by atoms with van der Waals surface area (Å²) in [5, 5.41) is 14.6. The Balaban J connectivity index is 1.63. The quantitative estimate of drug-likeness (QED) is 0.786. The van der Waals surface area contributed by atoms with Crippen molar-refractivity contribution in [2.75, 3.05) is 18.4 Å². The van der Waals surface area contributed by atoms with Crippen molar-refractivity contribution in [1.29, 1.82) is 0 Å². The first-order valence-corrected chi connectivity index (χ1v) is 8.93. The number of piperidine rings is 1. The lowest BCUT2D eigenvalue weighted by atomic mass is 9.84. The van der Waals surface area contributed by atoms with Crippen molar-refractivity contribution < 1.29 is 9.90 Å². The Morgan fingerprint density at radius 3 is 2.20 bits per heavy atom. The molecule has 4 nitrogen and oxygen atoms in total. The van der Waals surface area contributed by atoms with E-state index in [9.17, 15) is 9.90 Å². The zero-order valence-electron chi connectivity index (χ0n) is 13.9. The highest BCUT2D eigenvalue weighted by Crippen LogP contribution is 2.33. The van der Waals surface area contributed by atoms with E-state index in [0.29, 0.717) is 41.7 Å². The molecule has 1 aliphatic heterocycles. The lowest BCUT2D eigenvalue weighted by Gasteiger charge is -2.38.